The Labute approximate surface area is 180 Å². The van der Waals surface area contributed by atoms with Crippen molar-refractivity contribution in [2.75, 3.05) is 39.4 Å². The van der Waals surface area contributed by atoms with Crippen LogP contribution in [0.5, 0.6) is 11.5 Å². The van der Waals surface area contributed by atoms with Gasteiger partial charge in [-0.2, -0.15) is 4.31 Å². The molecule has 9 heteroatoms. The molecule has 7 nitrogen and oxygen atoms in total. The largest absolute Gasteiger partial charge is 0.486 e. The van der Waals surface area contributed by atoms with Crippen LogP contribution in [0.4, 0.5) is 0 Å². The maximum atomic E-state index is 13.0. The van der Waals surface area contributed by atoms with Gasteiger partial charge in [-0.05, 0) is 35.9 Å². The molecule has 2 aliphatic heterocycles. The highest BCUT2D eigenvalue weighted by Crippen LogP contribution is 2.33. The Hall–Kier alpha value is -2.55. The second-order valence-electron chi connectivity index (χ2n) is 6.92. The third-order valence-corrected chi connectivity index (χ3v) is 7.10. The normalized spacial score (nSPS) is 17.3. The topological polar surface area (TPSA) is 76.2 Å². The Kier molecular flexibility index (Phi) is 5.99. The fourth-order valence-electron chi connectivity index (χ4n) is 3.37. The lowest BCUT2D eigenvalue weighted by molar-refractivity contribution is -0.127. The molecule has 1 amide bonds. The van der Waals surface area contributed by atoms with Crippen molar-refractivity contribution in [3.8, 4) is 11.5 Å². The van der Waals surface area contributed by atoms with Crippen LogP contribution >= 0.6 is 11.6 Å². The van der Waals surface area contributed by atoms with Crippen LogP contribution in [0.15, 0.2) is 53.4 Å². The minimum Gasteiger partial charge on any atom is -0.486 e. The number of sulfonamides is 1. The van der Waals surface area contributed by atoms with E-state index in [-0.39, 0.29) is 23.9 Å². The van der Waals surface area contributed by atoms with Crippen molar-refractivity contribution in [2.24, 2.45) is 0 Å². The number of hydrogen-bond acceptors (Lipinski definition) is 5. The fraction of sp³-hybridized carbons (Fsp3) is 0.286. The van der Waals surface area contributed by atoms with E-state index in [0.29, 0.717) is 42.8 Å². The average molecular weight is 449 g/mol. The SMILES string of the molecule is O=C(C=Cc1cccc(Cl)c1)N1CCN(S(=O)(=O)c2ccc3c(c2)OCCO3)CC1. The molecule has 1 saturated heterocycles. The summed E-state index contributed by atoms with van der Waals surface area (Å²) in [5, 5.41) is 0.600. The molecule has 0 aliphatic carbocycles. The summed E-state index contributed by atoms with van der Waals surface area (Å²) < 4.78 is 38.3. The molecule has 0 saturated carbocycles. The molecule has 2 heterocycles. The quantitative estimate of drug-likeness (QED) is 0.672. The van der Waals surface area contributed by atoms with Gasteiger partial charge in [0, 0.05) is 43.3 Å². The Morgan fingerprint density at radius 3 is 2.43 bits per heavy atom. The number of fused-ring (bicyclic) bond motifs is 1. The summed E-state index contributed by atoms with van der Waals surface area (Å²) in [7, 11) is -3.68. The van der Waals surface area contributed by atoms with Gasteiger partial charge < -0.3 is 14.4 Å². The van der Waals surface area contributed by atoms with Crippen LogP contribution in [0, 0.1) is 0 Å². The number of carbonyl (C=O) groups is 1. The molecule has 0 spiro atoms. The number of benzene rings is 2. The molecule has 0 atom stereocenters. The molecule has 2 aromatic carbocycles. The Morgan fingerprint density at radius 1 is 0.967 bits per heavy atom. The number of ether oxygens (including phenoxy) is 2. The molecule has 0 radical (unpaired) electrons. The summed E-state index contributed by atoms with van der Waals surface area (Å²) in [4.78, 5) is 14.2. The van der Waals surface area contributed by atoms with E-state index in [1.807, 2.05) is 12.1 Å². The van der Waals surface area contributed by atoms with Crippen molar-refractivity contribution >= 4 is 33.6 Å². The van der Waals surface area contributed by atoms with E-state index < -0.39 is 10.0 Å². The maximum absolute atomic E-state index is 13.0. The minimum atomic E-state index is -3.68. The van der Waals surface area contributed by atoms with E-state index in [2.05, 4.69) is 0 Å². The van der Waals surface area contributed by atoms with E-state index >= 15 is 0 Å². The molecule has 30 heavy (non-hydrogen) atoms. The molecule has 0 bridgehead atoms. The Bertz CT molecular complexity index is 1080. The fourth-order valence-corrected chi connectivity index (χ4v) is 5.00. The van der Waals surface area contributed by atoms with Gasteiger partial charge in [0.25, 0.3) is 0 Å². The van der Waals surface area contributed by atoms with Crippen LogP contribution in [0.2, 0.25) is 5.02 Å². The number of amides is 1. The number of hydrogen-bond donors (Lipinski definition) is 0. The number of halogens is 1. The van der Waals surface area contributed by atoms with Crippen molar-refractivity contribution in [2.45, 2.75) is 4.90 Å². The highest BCUT2D eigenvalue weighted by molar-refractivity contribution is 7.89. The van der Waals surface area contributed by atoms with Crippen molar-refractivity contribution in [1.29, 1.82) is 0 Å². The zero-order chi connectivity index (χ0) is 21.1. The monoisotopic (exact) mass is 448 g/mol. The lowest BCUT2D eigenvalue weighted by atomic mass is 10.2. The summed E-state index contributed by atoms with van der Waals surface area (Å²) in [5.74, 6) is 0.816. The molecule has 0 unspecified atom stereocenters. The second-order valence-corrected chi connectivity index (χ2v) is 9.30. The van der Waals surface area contributed by atoms with Gasteiger partial charge in [-0.25, -0.2) is 8.42 Å². The van der Waals surface area contributed by atoms with Crippen LogP contribution in [-0.4, -0.2) is 62.9 Å². The standard InChI is InChI=1S/C21H21ClN2O5S/c22-17-3-1-2-16(14-17)4-7-21(25)23-8-10-24(11-9-23)30(26,27)18-5-6-19-20(15-18)29-13-12-28-19/h1-7,14-15H,8-13H2. The first-order chi connectivity index (χ1) is 14.4. The van der Waals surface area contributed by atoms with Crippen LogP contribution in [0.3, 0.4) is 0 Å². The van der Waals surface area contributed by atoms with Crippen LogP contribution in [0.1, 0.15) is 5.56 Å². The Balaban J connectivity index is 1.39. The first-order valence-electron chi connectivity index (χ1n) is 9.56. The maximum Gasteiger partial charge on any atom is 0.246 e. The minimum absolute atomic E-state index is 0.160. The predicted octanol–water partition coefficient (Wildman–Crippen LogP) is 2.66. The molecule has 0 N–H and O–H groups in total. The molecule has 4 rings (SSSR count). The van der Waals surface area contributed by atoms with E-state index in [0.717, 1.165) is 5.56 Å². The van der Waals surface area contributed by atoms with Crippen LogP contribution < -0.4 is 9.47 Å². The van der Waals surface area contributed by atoms with Gasteiger partial charge in [-0.3, -0.25) is 4.79 Å². The highest BCUT2D eigenvalue weighted by Gasteiger charge is 2.30. The summed E-state index contributed by atoms with van der Waals surface area (Å²) >= 11 is 5.95. The van der Waals surface area contributed by atoms with Gasteiger partial charge in [0.2, 0.25) is 15.9 Å². The van der Waals surface area contributed by atoms with Crippen molar-refractivity contribution in [1.82, 2.24) is 9.21 Å². The lowest BCUT2D eigenvalue weighted by Crippen LogP contribution is -2.50. The number of nitrogens with zero attached hydrogens (tertiary/aromatic N) is 2. The van der Waals surface area contributed by atoms with Crippen LogP contribution in [0.25, 0.3) is 6.08 Å². The molecular formula is C21H21ClN2O5S. The molecule has 2 aliphatic rings. The van der Waals surface area contributed by atoms with Gasteiger partial charge in [-0.1, -0.05) is 23.7 Å². The van der Waals surface area contributed by atoms with Gasteiger partial charge in [0.1, 0.15) is 13.2 Å². The lowest BCUT2D eigenvalue weighted by Gasteiger charge is -2.33. The molecule has 0 aromatic heterocycles. The molecule has 1 fully saturated rings. The molecular weight excluding hydrogens is 428 g/mol. The first kappa shape index (κ1) is 20.7. The summed E-state index contributed by atoms with van der Waals surface area (Å²) in [5.41, 5.74) is 0.829. The second kappa shape index (κ2) is 8.67. The summed E-state index contributed by atoms with van der Waals surface area (Å²) in [6.45, 7) is 1.94. The molecule has 158 valence electrons. The highest BCUT2D eigenvalue weighted by atomic mass is 35.5. The van der Waals surface area contributed by atoms with Crippen molar-refractivity contribution < 1.29 is 22.7 Å². The third kappa shape index (κ3) is 4.45. The zero-order valence-corrected chi connectivity index (χ0v) is 17.7. The van der Waals surface area contributed by atoms with Crippen molar-refractivity contribution in [3.63, 3.8) is 0 Å². The van der Waals surface area contributed by atoms with Crippen molar-refractivity contribution in [3.05, 3.63) is 59.1 Å². The Morgan fingerprint density at radius 2 is 1.70 bits per heavy atom. The van der Waals surface area contributed by atoms with E-state index in [9.17, 15) is 13.2 Å². The number of carbonyl (C=O) groups excluding carboxylic acids is 1. The summed E-state index contributed by atoms with van der Waals surface area (Å²) in [6, 6.07) is 11.8. The third-order valence-electron chi connectivity index (χ3n) is 4.97. The summed E-state index contributed by atoms with van der Waals surface area (Å²) in [6.07, 6.45) is 3.18. The van der Waals surface area contributed by atoms with Gasteiger partial charge >= 0.3 is 0 Å². The van der Waals surface area contributed by atoms with Gasteiger partial charge in [0.15, 0.2) is 11.5 Å². The van der Waals surface area contributed by atoms with E-state index in [1.165, 1.54) is 22.5 Å². The number of rotatable bonds is 4. The van der Waals surface area contributed by atoms with Gasteiger partial charge in [-0.15, -0.1) is 0 Å². The molecule has 2 aromatic rings. The zero-order valence-electron chi connectivity index (χ0n) is 16.2. The predicted molar refractivity (Wildman–Crippen MR) is 113 cm³/mol. The first-order valence-corrected chi connectivity index (χ1v) is 11.4. The average Bonchev–Trinajstić information content (AvgIpc) is 2.77. The van der Waals surface area contributed by atoms with E-state index in [1.54, 1.807) is 29.2 Å². The van der Waals surface area contributed by atoms with Crippen LogP contribution in [-0.2, 0) is 14.8 Å². The van der Waals surface area contributed by atoms with Gasteiger partial charge in [0.05, 0.1) is 4.90 Å². The van der Waals surface area contributed by atoms with E-state index in [4.69, 9.17) is 21.1 Å². The smallest absolute Gasteiger partial charge is 0.246 e. The number of piperazine rings is 1.